The first-order chi connectivity index (χ1) is 20.5. The lowest BCUT2D eigenvalue weighted by Crippen LogP contribution is -2.40. The molecule has 1 aliphatic carbocycles. The van der Waals surface area contributed by atoms with Crippen LogP contribution in [0.25, 0.3) is 5.78 Å². The second kappa shape index (κ2) is 10.8. The second-order valence-electron chi connectivity index (χ2n) is 10.6. The van der Waals surface area contributed by atoms with Crippen molar-refractivity contribution < 1.29 is 27.9 Å². The highest BCUT2D eigenvalue weighted by molar-refractivity contribution is 7.86. The van der Waals surface area contributed by atoms with Crippen LogP contribution in [0.3, 0.4) is 0 Å². The van der Waals surface area contributed by atoms with Gasteiger partial charge < -0.3 is 15.7 Å². The highest BCUT2D eigenvalue weighted by atomic mass is 32.2. The van der Waals surface area contributed by atoms with Crippen LogP contribution in [0.5, 0.6) is 0 Å². The molecule has 15 heteroatoms. The first-order valence-electron chi connectivity index (χ1n) is 13.5. The molecule has 4 aromatic rings. The number of carboxylic acid groups (broad SMARTS) is 1. The fraction of sp³-hybridized carbons (Fsp3) is 0.286. The van der Waals surface area contributed by atoms with Crippen LogP contribution in [0.1, 0.15) is 77.2 Å². The third kappa shape index (κ3) is 5.45. The molecule has 2 aromatic heterocycles. The van der Waals surface area contributed by atoms with Gasteiger partial charge in [0.15, 0.2) is 0 Å². The van der Waals surface area contributed by atoms with E-state index in [1.165, 1.54) is 21.2 Å². The van der Waals surface area contributed by atoms with E-state index in [-0.39, 0.29) is 41.9 Å². The summed E-state index contributed by atoms with van der Waals surface area (Å²) in [5, 5.41) is 24.6. The van der Waals surface area contributed by atoms with Crippen molar-refractivity contribution in [1.29, 1.82) is 0 Å². The van der Waals surface area contributed by atoms with E-state index in [9.17, 15) is 27.9 Å². The fourth-order valence-electron chi connectivity index (χ4n) is 5.77. The molecule has 0 fully saturated rings. The number of nitrogens with two attached hydrogens (primary N) is 1. The number of benzene rings is 2. The molecule has 0 saturated carbocycles. The first-order valence-corrected chi connectivity index (χ1v) is 15.0. The van der Waals surface area contributed by atoms with Gasteiger partial charge in [0.05, 0.1) is 11.6 Å². The van der Waals surface area contributed by atoms with Gasteiger partial charge in [0.1, 0.15) is 17.7 Å². The Morgan fingerprint density at radius 1 is 1.09 bits per heavy atom. The molecular formula is C28H28N8O6S. The Hall–Kier alpha value is -4.73. The van der Waals surface area contributed by atoms with Gasteiger partial charge in [-0.25, -0.2) is 14.9 Å². The number of nitrogens with zero attached hydrogens (tertiary/aromatic N) is 5. The zero-order chi connectivity index (χ0) is 30.5. The Kier molecular flexibility index (Phi) is 7.15. The molecule has 14 nitrogen and oxygen atoms in total. The Morgan fingerprint density at radius 2 is 1.91 bits per heavy atom. The van der Waals surface area contributed by atoms with Gasteiger partial charge in [-0.1, -0.05) is 24.3 Å². The summed E-state index contributed by atoms with van der Waals surface area (Å²) in [5.41, 5.74) is 5.31. The molecule has 6 rings (SSSR count). The van der Waals surface area contributed by atoms with Crippen molar-refractivity contribution >= 4 is 33.8 Å². The van der Waals surface area contributed by atoms with E-state index >= 15 is 0 Å². The molecule has 0 saturated heterocycles. The number of nitrogens with one attached hydrogen (secondary N) is 2. The summed E-state index contributed by atoms with van der Waals surface area (Å²) in [6, 6.07) is 9.88. The maximum Gasteiger partial charge on any atom is 0.335 e. The number of carbonyl (C=O) groups is 3. The molecule has 2 amide bonds. The number of hydrogen-bond acceptors (Lipinski definition) is 8. The van der Waals surface area contributed by atoms with Crippen molar-refractivity contribution in [3.05, 3.63) is 93.1 Å². The highest BCUT2D eigenvalue weighted by Crippen LogP contribution is 2.35. The van der Waals surface area contributed by atoms with Gasteiger partial charge in [-0.05, 0) is 65.6 Å². The lowest BCUT2D eigenvalue weighted by molar-refractivity contribution is 0.0695. The first kappa shape index (κ1) is 28.4. The molecule has 43 heavy (non-hydrogen) atoms. The normalized spacial score (nSPS) is 16.5. The van der Waals surface area contributed by atoms with Crippen molar-refractivity contribution in [3.63, 3.8) is 0 Å². The van der Waals surface area contributed by atoms with E-state index in [4.69, 9.17) is 5.14 Å². The summed E-state index contributed by atoms with van der Waals surface area (Å²) in [4.78, 5) is 46.5. The molecule has 1 atom stereocenters. The molecule has 1 aliphatic heterocycles. The minimum absolute atomic E-state index is 0.0298. The summed E-state index contributed by atoms with van der Waals surface area (Å²) < 4.78 is 26.0. The van der Waals surface area contributed by atoms with Crippen molar-refractivity contribution in [3.8, 4) is 0 Å². The number of aromatic carboxylic acids is 1. The number of fused-ring (bicyclic) bond motifs is 3. The Balaban J connectivity index is 1.19. The SMILES string of the molecule is Cc1c(C(=O)O)ccc2c1CC[C@@H]2NC(=O)c1cc(C(=O)NCc2ccc3c(c2)CN(S(N)(=O)=O)CC3)nc2ncnn12. The van der Waals surface area contributed by atoms with Crippen molar-refractivity contribution in [1.82, 2.24) is 34.5 Å². The quantitative estimate of drug-likeness (QED) is 0.238. The fourth-order valence-corrected chi connectivity index (χ4v) is 6.43. The summed E-state index contributed by atoms with van der Waals surface area (Å²) in [6.07, 6.45) is 3.00. The Labute approximate surface area is 246 Å². The molecule has 0 spiro atoms. The van der Waals surface area contributed by atoms with Crippen LogP contribution in [0.2, 0.25) is 0 Å². The van der Waals surface area contributed by atoms with Crippen LogP contribution >= 0.6 is 0 Å². The van der Waals surface area contributed by atoms with Gasteiger partial charge >= 0.3 is 5.97 Å². The van der Waals surface area contributed by atoms with Gasteiger partial charge in [-0.3, -0.25) is 9.59 Å². The van der Waals surface area contributed by atoms with Crippen LogP contribution in [0, 0.1) is 6.92 Å². The predicted octanol–water partition coefficient (Wildman–Crippen LogP) is 1.04. The maximum atomic E-state index is 13.5. The van der Waals surface area contributed by atoms with E-state index in [0.717, 1.165) is 27.8 Å². The zero-order valence-corrected chi connectivity index (χ0v) is 23.9. The van der Waals surface area contributed by atoms with E-state index in [1.54, 1.807) is 19.1 Å². The van der Waals surface area contributed by atoms with Crippen LogP contribution in [0.15, 0.2) is 42.7 Å². The molecule has 3 heterocycles. The maximum absolute atomic E-state index is 13.5. The van der Waals surface area contributed by atoms with Crippen molar-refractivity contribution in [2.24, 2.45) is 5.14 Å². The summed E-state index contributed by atoms with van der Waals surface area (Å²) in [5.74, 6) is -1.95. The van der Waals surface area contributed by atoms with Crippen molar-refractivity contribution in [2.45, 2.75) is 45.3 Å². The van der Waals surface area contributed by atoms with Gasteiger partial charge in [0, 0.05) is 25.7 Å². The molecule has 2 aliphatic rings. The van der Waals surface area contributed by atoms with Gasteiger partial charge in [-0.2, -0.15) is 27.3 Å². The molecule has 2 aromatic carbocycles. The van der Waals surface area contributed by atoms with Gasteiger partial charge in [0.25, 0.3) is 27.8 Å². The summed E-state index contributed by atoms with van der Waals surface area (Å²) >= 11 is 0. The zero-order valence-electron chi connectivity index (χ0n) is 23.1. The van der Waals surface area contributed by atoms with E-state index in [2.05, 4.69) is 25.7 Å². The third-order valence-corrected chi connectivity index (χ3v) is 9.04. The molecule has 222 valence electrons. The minimum Gasteiger partial charge on any atom is -0.478 e. The van der Waals surface area contributed by atoms with E-state index in [0.29, 0.717) is 31.4 Å². The van der Waals surface area contributed by atoms with Gasteiger partial charge in [-0.15, -0.1) is 0 Å². The second-order valence-corrected chi connectivity index (χ2v) is 12.1. The monoisotopic (exact) mass is 604 g/mol. The van der Waals surface area contributed by atoms with Crippen LogP contribution in [0.4, 0.5) is 0 Å². The average Bonchev–Trinajstić information content (AvgIpc) is 3.62. The largest absolute Gasteiger partial charge is 0.478 e. The van der Waals surface area contributed by atoms with Crippen LogP contribution in [-0.2, 0) is 36.1 Å². The molecule has 0 unspecified atom stereocenters. The van der Waals surface area contributed by atoms with Crippen LogP contribution < -0.4 is 15.8 Å². The highest BCUT2D eigenvalue weighted by Gasteiger charge is 2.29. The van der Waals surface area contributed by atoms with E-state index in [1.807, 2.05) is 18.2 Å². The molecule has 0 radical (unpaired) electrons. The lowest BCUT2D eigenvalue weighted by atomic mass is 9.98. The topological polar surface area (TPSA) is 202 Å². The number of amides is 2. The predicted molar refractivity (Wildman–Crippen MR) is 152 cm³/mol. The summed E-state index contributed by atoms with van der Waals surface area (Å²) in [7, 11) is -3.81. The van der Waals surface area contributed by atoms with Crippen LogP contribution in [-0.4, -0.2) is 61.7 Å². The standard InChI is InChI=1S/C28H28N8O6S/c1-15-19-6-7-22(21(19)5-4-20(15)27(39)40)33-26(38)24-11-23(34-28-31-14-32-36(24)28)25(37)30-12-16-2-3-17-8-9-35(43(29,41)42)13-18(17)10-16/h2-5,10-11,14,22H,6-9,12-13H2,1H3,(H,30,37)(H,33,38)(H,39,40)(H2,29,41,42)/t22-/m0/s1. The summed E-state index contributed by atoms with van der Waals surface area (Å²) in [6.45, 7) is 2.38. The number of rotatable bonds is 7. The molecule has 0 bridgehead atoms. The number of aromatic nitrogens is 4. The third-order valence-electron chi connectivity index (χ3n) is 8.01. The van der Waals surface area contributed by atoms with Crippen molar-refractivity contribution in [2.75, 3.05) is 6.54 Å². The van der Waals surface area contributed by atoms with Gasteiger partial charge in [0.2, 0.25) is 0 Å². The Bertz CT molecular complexity index is 1920. The number of carbonyl (C=O) groups excluding carboxylic acids is 2. The average molecular weight is 605 g/mol. The smallest absolute Gasteiger partial charge is 0.335 e. The Morgan fingerprint density at radius 3 is 2.67 bits per heavy atom. The molecule has 5 N–H and O–H groups in total. The lowest BCUT2D eigenvalue weighted by Gasteiger charge is -2.26. The number of carboxylic acids is 1. The van der Waals surface area contributed by atoms with E-state index < -0.39 is 28.0 Å². The minimum atomic E-state index is -3.81. The number of hydrogen-bond donors (Lipinski definition) is 4. The molecular weight excluding hydrogens is 576 g/mol.